The van der Waals surface area contributed by atoms with Gasteiger partial charge in [-0.15, -0.1) is 0 Å². The van der Waals surface area contributed by atoms with Crippen LogP contribution in [0.4, 0.5) is 11.4 Å². The third-order valence-electron chi connectivity index (χ3n) is 1.96. The monoisotopic (exact) mass is 193 g/mol. The summed E-state index contributed by atoms with van der Waals surface area (Å²) < 4.78 is 0. The van der Waals surface area contributed by atoms with Crippen molar-refractivity contribution in [1.82, 2.24) is 4.90 Å². The summed E-state index contributed by atoms with van der Waals surface area (Å²) in [5.41, 5.74) is 7.52. The minimum absolute atomic E-state index is 0.439. The fourth-order valence-corrected chi connectivity index (χ4v) is 1.46. The second kappa shape index (κ2) is 4.86. The van der Waals surface area contributed by atoms with Crippen molar-refractivity contribution >= 4 is 11.4 Å². The Balaban J connectivity index is 2.47. The van der Waals surface area contributed by atoms with E-state index in [-0.39, 0.29) is 0 Å². The predicted molar refractivity (Wildman–Crippen MR) is 62.5 cm³/mol. The molecule has 0 bridgehead atoms. The molecule has 0 aliphatic heterocycles. The molecule has 1 rings (SSSR count). The van der Waals surface area contributed by atoms with Crippen molar-refractivity contribution in [1.29, 1.82) is 0 Å². The molecule has 0 unspecified atom stereocenters. The summed E-state index contributed by atoms with van der Waals surface area (Å²) in [6.45, 7) is 3.18. The van der Waals surface area contributed by atoms with Crippen molar-refractivity contribution in [3.63, 3.8) is 0 Å². The van der Waals surface area contributed by atoms with E-state index >= 15 is 0 Å². The van der Waals surface area contributed by atoms with Gasteiger partial charge in [-0.1, -0.05) is 0 Å². The van der Waals surface area contributed by atoms with Gasteiger partial charge >= 0.3 is 0 Å². The second-order valence-electron chi connectivity index (χ2n) is 3.93. The molecular formula is C11H19N3. The zero-order valence-electron chi connectivity index (χ0n) is 9.12. The number of hydrogen-bond acceptors (Lipinski definition) is 3. The molecule has 0 aliphatic rings. The van der Waals surface area contributed by atoms with E-state index in [9.17, 15) is 0 Å². The quantitative estimate of drug-likeness (QED) is 0.714. The first-order valence-electron chi connectivity index (χ1n) is 4.84. The van der Waals surface area contributed by atoms with Gasteiger partial charge in [0, 0.05) is 24.0 Å². The van der Waals surface area contributed by atoms with Gasteiger partial charge in [0.25, 0.3) is 0 Å². The summed E-state index contributed by atoms with van der Waals surface area (Å²) >= 11 is 0. The number of benzene rings is 1. The topological polar surface area (TPSA) is 41.3 Å². The average molecular weight is 193 g/mol. The fourth-order valence-electron chi connectivity index (χ4n) is 1.46. The van der Waals surface area contributed by atoms with E-state index in [4.69, 9.17) is 5.73 Å². The zero-order chi connectivity index (χ0) is 10.6. The highest BCUT2D eigenvalue weighted by Gasteiger charge is 2.02. The molecule has 14 heavy (non-hydrogen) atoms. The minimum atomic E-state index is 0.439. The van der Waals surface area contributed by atoms with Crippen molar-refractivity contribution in [3.8, 4) is 0 Å². The van der Waals surface area contributed by atoms with Gasteiger partial charge in [-0.3, -0.25) is 0 Å². The Morgan fingerprint density at radius 1 is 1.29 bits per heavy atom. The lowest BCUT2D eigenvalue weighted by Crippen LogP contribution is -2.29. The maximum Gasteiger partial charge on any atom is 0.0360 e. The molecule has 3 N–H and O–H groups in total. The van der Waals surface area contributed by atoms with E-state index < -0.39 is 0 Å². The highest BCUT2D eigenvalue weighted by atomic mass is 15.1. The van der Waals surface area contributed by atoms with Gasteiger partial charge in [-0.25, -0.2) is 0 Å². The number of likely N-dealkylation sites (N-methyl/N-ethyl adjacent to an activating group) is 1. The number of hydrogen-bond donors (Lipinski definition) is 2. The number of nitrogens with zero attached hydrogens (tertiary/aromatic N) is 1. The standard InChI is InChI=1S/C11H19N3/c1-9(8-14(2)3)13-11-6-4-10(12)5-7-11/h4-7,9,13H,8,12H2,1-3H3/t9-/m0/s1. The molecule has 78 valence electrons. The number of nitrogen functional groups attached to an aromatic ring is 1. The second-order valence-corrected chi connectivity index (χ2v) is 3.93. The van der Waals surface area contributed by atoms with Gasteiger partial charge in [0.2, 0.25) is 0 Å². The molecular weight excluding hydrogens is 174 g/mol. The normalized spacial score (nSPS) is 12.9. The smallest absolute Gasteiger partial charge is 0.0360 e. The zero-order valence-corrected chi connectivity index (χ0v) is 9.12. The van der Waals surface area contributed by atoms with Crippen LogP contribution in [-0.4, -0.2) is 31.6 Å². The Morgan fingerprint density at radius 2 is 1.86 bits per heavy atom. The van der Waals surface area contributed by atoms with E-state index in [0.29, 0.717) is 6.04 Å². The molecule has 1 aromatic rings. The molecule has 0 aliphatic carbocycles. The molecule has 3 nitrogen and oxygen atoms in total. The molecule has 0 heterocycles. The van der Waals surface area contributed by atoms with Gasteiger partial charge in [0.1, 0.15) is 0 Å². The lowest BCUT2D eigenvalue weighted by molar-refractivity contribution is 0.392. The Labute approximate surface area is 85.9 Å². The van der Waals surface area contributed by atoms with Crippen molar-refractivity contribution in [2.24, 2.45) is 0 Å². The summed E-state index contributed by atoms with van der Waals surface area (Å²) in [5, 5.41) is 3.40. The predicted octanol–water partition coefficient (Wildman–Crippen LogP) is 1.63. The molecule has 3 heteroatoms. The number of rotatable bonds is 4. The maximum absolute atomic E-state index is 5.60. The van der Waals surface area contributed by atoms with Crippen LogP contribution in [0.1, 0.15) is 6.92 Å². The van der Waals surface area contributed by atoms with Crippen LogP contribution in [0.25, 0.3) is 0 Å². The lowest BCUT2D eigenvalue weighted by Gasteiger charge is -2.19. The lowest BCUT2D eigenvalue weighted by atomic mass is 10.2. The van der Waals surface area contributed by atoms with E-state index in [1.54, 1.807) is 0 Å². The van der Waals surface area contributed by atoms with E-state index in [1.165, 1.54) is 0 Å². The summed E-state index contributed by atoms with van der Waals surface area (Å²) in [5.74, 6) is 0. The SMILES string of the molecule is C[C@@H](CN(C)C)Nc1ccc(N)cc1. The molecule has 1 aromatic carbocycles. The minimum Gasteiger partial charge on any atom is -0.399 e. The number of anilines is 2. The molecule has 0 amide bonds. The van der Waals surface area contributed by atoms with Crippen molar-refractivity contribution in [3.05, 3.63) is 24.3 Å². The maximum atomic E-state index is 5.60. The van der Waals surface area contributed by atoms with Crippen LogP contribution in [0.2, 0.25) is 0 Å². The molecule has 0 radical (unpaired) electrons. The van der Waals surface area contributed by atoms with Crippen molar-refractivity contribution in [2.45, 2.75) is 13.0 Å². The first-order chi connectivity index (χ1) is 6.58. The fraction of sp³-hybridized carbons (Fsp3) is 0.455. The van der Waals surface area contributed by atoms with Crippen LogP contribution >= 0.6 is 0 Å². The number of nitrogens with one attached hydrogen (secondary N) is 1. The Hall–Kier alpha value is -1.22. The largest absolute Gasteiger partial charge is 0.399 e. The molecule has 0 saturated carbocycles. The van der Waals surface area contributed by atoms with Gasteiger partial charge in [-0.2, -0.15) is 0 Å². The summed E-state index contributed by atoms with van der Waals surface area (Å²) in [6, 6.07) is 8.26. The third-order valence-corrected chi connectivity index (χ3v) is 1.96. The van der Waals surface area contributed by atoms with Gasteiger partial charge in [0.05, 0.1) is 0 Å². The Kier molecular flexibility index (Phi) is 3.77. The van der Waals surface area contributed by atoms with Crippen LogP contribution in [0.5, 0.6) is 0 Å². The molecule has 1 atom stereocenters. The van der Waals surface area contributed by atoms with Gasteiger partial charge < -0.3 is 16.0 Å². The molecule has 0 saturated heterocycles. The molecule has 0 spiro atoms. The van der Waals surface area contributed by atoms with Crippen molar-refractivity contribution < 1.29 is 0 Å². The summed E-state index contributed by atoms with van der Waals surface area (Å²) in [7, 11) is 4.14. The highest BCUT2D eigenvalue weighted by Crippen LogP contribution is 2.11. The van der Waals surface area contributed by atoms with Crippen LogP contribution in [0, 0.1) is 0 Å². The first kappa shape index (κ1) is 10.9. The van der Waals surface area contributed by atoms with E-state index in [2.05, 4.69) is 31.2 Å². The molecule has 0 fully saturated rings. The van der Waals surface area contributed by atoms with Crippen LogP contribution < -0.4 is 11.1 Å². The molecule has 0 aromatic heterocycles. The van der Waals surface area contributed by atoms with Crippen LogP contribution in [0.15, 0.2) is 24.3 Å². The summed E-state index contributed by atoms with van der Waals surface area (Å²) in [4.78, 5) is 2.16. The summed E-state index contributed by atoms with van der Waals surface area (Å²) in [6.07, 6.45) is 0. The van der Waals surface area contributed by atoms with E-state index in [0.717, 1.165) is 17.9 Å². The average Bonchev–Trinajstić information content (AvgIpc) is 2.07. The first-order valence-corrected chi connectivity index (χ1v) is 4.84. The van der Waals surface area contributed by atoms with E-state index in [1.807, 2.05) is 24.3 Å². The van der Waals surface area contributed by atoms with Crippen molar-refractivity contribution in [2.75, 3.05) is 31.7 Å². The van der Waals surface area contributed by atoms with Crippen LogP contribution in [-0.2, 0) is 0 Å². The Bertz CT molecular complexity index is 266. The number of nitrogens with two attached hydrogens (primary N) is 1. The van der Waals surface area contributed by atoms with Crippen LogP contribution in [0.3, 0.4) is 0 Å². The van der Waals surface area contributed by atoms with Gasteiger partial charge in [0.15, 0.2) is 0 Å². The van der Waals surface area contributed by atoms with Gasteiger partial charge in [-0.05, 0) is 45.3 Å². The highest BCUT2D eigenvalue weighted by molar-refractivity contribution is 5.51. The third kappa shape index (κ3) is 3.66. The Morgan fingerprint density at radius 3 is 2.36 bits per heavy atom.